The Morgan fingerprint density at radius 2 is 2.03 bits per heavy atom. The maximum atomic E-state index is 14.1. The number of carbonyl (C=O) groups excluding carboxylic acids is 1. The smallest absolute Gasteiger partial charge is 0.341 e. The minimum absolute atomic E-state index is 0.104. The summed E-state index contributed by atoms with van der Waals surface area (Å²) in [7, 11) is -3.84. The van der Waals surface area contributed by atoms with E-state index in [1.807, 2.05) is 10.8 Å². The standard InChI is InChI=1S/C18H18FN3O5S2/c1-3-22(4-2)29(24,25)13-5-6-15(19)14(9-13)18(23)26-10-16-20-17(27-21-16)12-7-8-28-11-12/h5-9,11H,3-4,10H2,1-2H3. The lowest BCUT2D eigenvalue weighted by Gasteiger charge is -2.18. The van der Waals surface area contributed by atoms with Gasteiger partial charge < -0.3 is 9.26 Å². The molecule has 0 unspecified atom stereocenters. The van der Waals surface area contributed by atoms with Gasteiger partial charge in [-0.2, -0.15) is 20.6 Å². The minimum atomic E-state index is -3.84. The quantitative estimate of drug-likeness (QED) is 0.496. The van der Waals surface area contributed by atoms with Gasteiger partial charge >= 0.3 is 5.97 Å². The van der Waals surface area contributed by atoms with Gasteiger partial charge in [0.15, 0.2) is 6.61 Å². The molecule has 154 valence electrons. The molecular weight excluding hydrogens is 421 g/mol. The summed E-state index contributed by atoms with van der Waals surface area (Å²) >= 11 is 1.46. The van der Waals surface area contributed by atoms with Crippen LogP contribution in [0.5, 0.6) is 0 Å². The first-order valence-electron chi connectivity index (χ1n) is 8.68. The molecule has 0 aliphatic heterocycles. The second-order valence-electron chi connectivity index (χ2n) is 5.83. The highest BCUT2D eigenvalue weighted by atomic mass is 32.2. The van der Waals surface area contributed by atoms with E-state index >= 15 is 0 Å². The Balaban J connectivity index is 1.76. The molecule has 2 aromatic heterocycles. The molecule has 11 heteroatoms. The zero-order chi connectivity index (χ0) is 21.0. The molecular formula is C18H18FN3O5S2. The molecule has 0 amide bonds. The Hall–Kier alpha value is -2.63. The van der Waals surface area contributed by atoms with Gasteiger partial charge in [-0.1, -0.05) is 19.0 Å². The van der Waals surface area contributed by atoms with Crippen molar-refractivity contribution in [3.63, 3.8) is 0 Å². The van der Waals surface area contributed by atoms with E-state index in [2.05, 4.69) is 10.1 Å². The number of carbonyl (C=O) groups is 1. The molecule has 0 saturated heterocycles. The summed E-state index contributed by atoms with van der Waals surface area (Å²) in [5.41, 5.74) is 0.250. The second-order valence-corrected chi connectivity index (χ2v) is 8.55. The number of sulfonamides is 1. The van der Waals surface area contributed by atoms with Crippen LogP contribution in [0.4, 0.5) is 4.39 Å². The summed E-state index contributed by atoms with van der Waals surface area (Å²) < 4.78 is 50.6. The van der Waals surface area contributed by atoms with Crippen LogP contribution in [0, 0.1) is 5.82 Å². The third kappa shape index (κ3) is 4.52. The lowest BCUT2D eigenvalue weighted by Crippen LogP contribution is -2.30. The van der Waals surface area contributed by atoms with Crippen LogP contribution >= 0.6 is 11.3 Å². The second kappa shape index (κ2) is 8.80. The summed E-state index contributed by atoms with van der Waals surface area (Å²) in [6.45, 7) is 3.53. The molecule has 0 N–H and O–H groups in total. The Bertz CT molecular complexity index is 1090. The van der Waals surface area contributed by atoms with E-state index in [1.54, 1.807) is 19.9 Å². The number of ether oxygens (including phenoxy) is 1. The molecule has 29 heavy (non-hydrogen) atoms. The lowest BCUT2D eigenvalue weighted by molar-refractivity contribution is 0.0454. The largest absolute Gasteiger partial charge is 0.454 e. The number of thiophene rings is 1. The van der Waals surface area contributed by atoms with Gasteiger partial charge in [-0.25, -0.2) is 17.6 Å². The van der Waals surface area contributed by atoms with E-state index < -0.39 is 27.4 Å². The fraction of sp³-hybridized carbons (Fsp3) is 0.278. The molecule has 0 spiro atoms. The van der Waals surface area contributed by atoms with Gasteiger partial charge in [-0.05, 0) is 29.6 Å². The number of hydrogen-bond acceptors (Lipinski definition) is 8. The number of hydrogen-bond donors (Lipinski definition) is 0. The molecule has 0 bridgehead atoms. The number of esters is 1. The molecule has 3 aromatic rings. The van der Waals surface area contributed by atoms with Crippen molar-refractivity contribution in [2.75, 3.05) is 13.1 Å². The summed E-state index contributed by atoms with van der Waals surface area (Å²) in [5.74, 6) is -1.54. The van der Waals surface area contributed by atoms with Crippen LogP contribution in [0.2, 0.25) is 0 Å². The highest BCUT2D eigenvalue weighted by Crippen LogP contribution is 2.22. The maximum absolute atomic E-state index is 14.1. The van der Waals surface area contributed by atoms with E-state index in [-0.39, 0.29) is 36.3 Å². The zero-order valence-electron chi connectivity index (χ0n) is 15.7. The predicted octanol–water partition coefficient (Wildman–Crippen LogP) is 3.32. The van der Waals surface area contributed by atoms with Crippen molar-refractivity contribution >= 4 is 27.3 Å². The van der Waals surface area contributed by atoms with Gasteiger partial charge in [0.05, 0.1) is 16.0 Å². The van der Waals surface area contributed by atoms with Crippen molar-refractivity contribution in [2.24, 2.45) is 0 Å². The summed E-state index contributed by atoms with van der Waals surface area (Å²) in [6.07, 6.45) is 0. The van der Waals surface area contributed by atoms with Gasteiger partial charge in [0, 0.05) is 18.5 Å². The third-order valence-electron chi connectivity index (χ3n) is 4.07. The molecule has 0 saturated carbocycles. The molecule has 0 atom stereocenters. The molecule has 0 radical (unpaired) electrons. The van der Waals surface area contributed by atoms with Crippen molar-refractivity contribution in [3.8, 4) is 11.5 Å². The highest BCUT2D eigenvalue weighted by molar-refractivity contribution is 7.89. The average Bonchev–Trinajstić information content (AvgIpc) is 3.38. The van der Waals surface area contributed by atoms with Crippen LogP contribution in [0.3, 0.4) is 0 Å². The van der Waals surface area contributed by atoms with E-state index in [9.17, 15) is 17.6 Å². The van der Waals surface area contributed by atoms with Crippen LogP contribution in [0.25, 0.3) is 11.5 Å². The van der Waals surface area contributed by atoms with Gasteiger partial charge in [0.2, 0.25) is 15.8 Å². The highest BCUT2D eigenvalue weighted by Gasteiger charge is 2.25. The lowest BCUT2D eigenvalue weighted by atomic mass is 10.2. The van der Waals surface area contributed by atoms with Gasteiger partial charge in [-0.15, -0.1) is 0 Å². The monoisotopic (exact) mass is 439 g/mol. The predicted molar refractivity (Wildman–Crippen MR) is 103 cm³/mol. The topological polar surface area (TPSA) is 103 Å². The fourth-order valence-electron chi connectivity index (χ4n) is 2.56. The fourth-order valence-corrected chi connectivity index (χ4v) is 4.67. The number of rotatable bonds is 8. The first-order chi connectivity index (χ1) is 13.9. The number of benzene rings is 1. The summed E-state index contributed by atoms with van der Waals surface area (Å²) in [4.78, 5) is 16.2. The molecule has 0 aliphatic carbocycles. The van der Waals surface area contributed by atoms with Gasteiger partial charge in [0.25, 0.3) is 5.89 Å². The first-order valence-corrected chi connectivity index (χ1v) is 11.1. The number of aromatic nitrogens is 2. The van der Waals surface area contributed by atoms with E-state index in [0.29, 0.717) is 0 Å². The molecule has 3 rings (SSSR count). The minimum Gasteiger partial charge on any atom is -0.454 e. The van der Waals surface area contributed by atoms with Gasteiger partial charge in [-0.3, -0.25) is 0 Å². The molecule has 2 heterocycles. The summed E-state index contributed by atoms with van der Waals surface area (Å²) in [5, 5.41) is 7.38. The molecule has 0 fully saturated rings. The first kappa shape index (κ1) is 21.1. The van der Waals surface area contributed by atoms with Crippen LogP contribution in [-0.2, 0) is 21.4 Å². The van der Waals surface area contributed by atoms with Crippen molar-refractivity contribution < 1.29 is 26.9 Å². The number of halogens is 1. The maximum Gasteiger partial charge on any atom is 0.341 e. The van der Waals surface area contributed by atoms with Crippen LogP contribution in [0.1, 0.15) is 30.0 Å². The van der Waals surface area contributed by atoms with E-state index in [1.165, 1.54) is 15.6 Å². The SMILES string of the molecule is CCN(CC)S(=O)(=O)c1ccc(F)c(C(=O)OCc2noc(-c3ccsc3)n2)c1. The molecule has 0 aliphatic rings. The van der Waals surface area contributed by atoms with Crippen LogP contribution < -0.4 is 0 Å². The Morgan fingerprint density at radius 3 is 2.69 bits per heavy atom. The zero-order valence-corrected chi connectivity index (χ0v) is 17.3. The number of nitrogens with zero attached hydrogens (tertiary/aromatic N) is 3. The Labute approximate surface area is 171 Å². The van der Waals surface area contributed by atoms with Gasteiger partial charge in [0.1, 0.15) is 5.82 Å². The van der Waals surface area contributed by atoms with Crippen molar-refractivity contribution in [1.82, 2.24) is 14.4 Å². The Morgan fingerprint density at radius 1 is 1.28 bits per heavy atom. The van der Waals surface area contributed by atoms with E-state index in [0.717, 1.165) is 23.8 Å². The van der Waals surface area contributed by atoms with Crippen LogP contribution in [0.15, 0.2) is 44.4 Å². The normalized spacial score (nSPS) is 11.7. The summed E-state index contributed by atoms with van der Waals surface area (Å²) in [6, 6.07) is 4.81. The third-order valence-corrected chi connectivity index (χ3v) is 6.80. The van der Waals surface area contributed by atoms with Crippen molar-refractivity contribution in [2.45, 2.75) is 25.3 Å². The Kier molecular flexibility index (Phi) is 6.40. The van der Waals surface area contributed by atoms with Crippen LogP contribution in [-0.4, -0.2) is 41.9 Å². The van der Waals surface area contributed by atoms with Crippen molar-refractivity contribution in [3.05, 3.63) is 52.2 Å². The van der Waals surface area contributed by atoms with E-state index in [4.69, 9.17) is 9.26 Å². The van der Waals surface area contributed by atoms with Crippen molar-refractivity contribution in [1.29, 1.82) is 0 Å². The average molecular weight is 439 g/mol. The molecule has 1 aromatic carbocycles. The molecule has 8 nitrogen and oxygen atoms in total.